The zero-order valence-electron chi connectivity index (χ0n) is 10.4. The van der Waals surface area contributed by atoms with Gasteiger partial charge in [-0.2, -0.15) is 0 Å². The van der Waals surface area contributed by atoms with E-state index in [0.29, 0.717) is 11.7 Å². The van der Waals surface area contributed by atoms with Crippen LogP contribution in [-0.2, 0) is 14.3 Å². The summed E-state index contributed by atoms with van der Waals surface area (Å²) in [6.45, 7) is 2.03. The van der Waals surface area contributed by atoms with E-state index in [-0.39, 0.29) is 28.1 Å². The summed E-state index contributed by atoms with van der Waals surface area (Å²) in [6.07, 6.45) is 5.19. The van der Waals surface area contributed by atoms with E-state index in [9.17, 15) is 9.59 Å². The van der Waals surface area contributed by atoms with Crippen molar-refractivity contribution in [3.8, 4) is 0 Å². The van der Waals surface area contributed by atoms with Gasteiger partial charge in [0.1, 0.15) is 5.78 Å². The molecule has 0 bridgehead atoms. The fourth-order valence-electron chi connectivity index (χ4n) is 6.29. The Kier molecular flexibility index (Phi) is 1.46. The molecular formula is C14H18O3. The predicted octanol–water partition coefficient (Wildman–Crippen LogP) is 1.94. The van der Waals surface area contributed by atoms with Crippen LogP contribution >= 0.6 is 0 Å². The van der Waals surface area contributed by atoms with Crippen molar-refractivity contribution < 1.29 is 14.3 Å². The van der Waals surface area contributed by atoms with E-state index in [2.05, 4.69) is 0 Å². The molecule has 4 aliphatic rings. The zero-order chi connectivity index (χ0) is 12.1. The van der Waals surface area contributed by atoms with Crippen LogP contribution in [0, 0.1) is 28.1 Å². The van der Waals surface area contributed by atoms with Gasteiger partial charge >= 0.3 is 5.97 Å². The van der Waals surface area contributed by atoms with Crippen LogP contribution in [0.4, 0.5) is 0 Å². The lowest BCUT2D eigenvalue weighted by Crippen LogP contribution is -2.32. The zero-order valence-corrected chi connectivity index (χ0v) is 10.4. The summed E-state index contributed by atoms with van der Waals surface area (Å²) in [5.74, 6) is 0.837. The van der Waals surface area contributed by atoms with Crippen LogP contribution in [0.3, 0.4) is 0 Å². The maximum absolute atomic E-state index is 12.1. The molecule has 3 nitrogen and oxygen atoms in total. The largest absolute Gasteiger partial charge is 0.469 e. The average molecular weight is 234 g/mol. The minimum absolute atomic E-state index is 0.0900. The molecule has 5 atom stereocenters. The van der Waals surface area contributed by atoms with Gasteiger partial charge in [0, 0.05) is 12.3 Å². The number of Topliss-reactive ketones (excluding diaryl/α,β-unsaturated/α-hetero) is 1. The second-order valence-electron chi connectivity index (χ2n) is 6.86. The molecule has 0 amide bonds. The smallest absolute Gasteiger partial charge is 0.311 e. The second kappa shape index (κ2) is 2.45. The standard InChI is InChI=1S/C14H18O3/c1-12(11(16)17-2)7-13-4-3-5-14(13)9(10(12)14)8(15)6-13/h9-10H,3-7H2,1-2H3/t9?,10?,12-,13-,14+/m1/s1. The third kappa shape index (κ3) is 0.747. The molecule has 0 radical (unpaired) electrons. The SMILES string of the molecule is COC(=O)[C@]1(C)C[C@]23CCC[C@@]24C(C(=O)C3)C41. The highest BCUT2D eigenvalue weighted by atomic mass is 16.5. The molecule has 1 spiro atoms. The highest BCUT2D eigenvalue weighted by Crippen LogP contribution is 2.91. The average Bonchev–Trinajstić information content (AvgIpc) is 2.69. The molecule has 0 aromatic heterocycles. The molecule has 0 aromatic rings. The van der Waals surface area contributed by atoms with Crippen molar-refractivity contribution in [2.45, 2.75) is 39.0 Å². The normalized spacial score (nSPS) is 57.9. The molecule has 0 saturated heterocycles. The van der Waals surface area contributed by atoms with Crippen molar-refractivity contribution in [3.05, 3.63) is 0 Å². The minimum Gasteiger partial charge on any atom is -0.469 e. The number of carbonyl (C=O) groups is 2. The lowest BCUT2D eigenvalue weighted by atomic mass is 9.73. The molecule has 2 unspecified atom stereocenters. The summed E-state index contributed by atoms with van der Waals surface area (Å²) in [7, 11) is 1.47. The van der Waals surface area contributed by atoms with Gasteiger partial charge in [0.05, 0.1) is 12.5 Å². The maximum atomic E-state index is 12.1. The minimum atomic E-state index is -0.383. The molecular weight excluding hydrogens is 216 g/mol. The van der Waals surface area contributed by atoms with Crippen LogP contribution in [0.25, 0.3) is 0 Å². The van der Waals surface area contributed by atoms with Crippen LogP contribution in [0.5, 0.6) is 0 Å². The van der Waals surface area contributed by atoms with Gasteiger partial charge in [0.15, 0.2) is 0 Å². The molecule has 4 fully saturated rings. The predicted molar refractivity (Wildman–Crippen MR) is 60.1 cm³/mol. The van der Waals surface area contributed by atoms with Crippen molar-refractivity contribution in [2.75, 3.05) is 7.11 Å². The molecule has 0 aromatic carbocycles. The van der Waals surface area contributed by atoms with Crippen molar-refractivity contribution in [3.63, 3.8) is 0 Å². The molecule has 0 aliphatic heterocycles. The van der Waals surface area contributed by atoms with Gasteiger partial charge in [-0.15, -0.1) is 0 Å². The summed E-state index contributed by atoms with van der Waals surface area (Å²) < 4.78 is 5.00. The summed E-state index contributed by atoms with van der Waals surface area (Å²) in [5.41, 5.74) is 0.00137. The van der Waals surface area contributed by atoms with E-state index in [1.807, 2.05) is 6.92 Å². The first-order chi connectivity index (χ1) is 8.02. The number of ketones is 1. The number of fused-ring (bicyclic) bond motifs is 1. The number of methoxy groups -OCH3 is 1. The Hall–Kier alpha value is -0.860. The van der Waals surface area contributed by atoms with E-state index in [1.165, 1.54) is 20.0 Å². The first kappa shape index (κ1) is 10.1. The monoisotopic (exact) mass is 234 g/mol. The van der Waals surface area contributed by atoms with Crippen LogP contribution in [-0.4, -0.2) is 18.9 Å². The Morgan fingerprint density at radius 1 is 1.41 bits per heavy atom. The molecule has 4 aliphatic carbocycles. The van der Waals surface area contributed by atoms with Crippen molar-refractivity contribution in [2.24, 2.45) is 28.1 Å². The third-order valence-corrected chi connectivity index (χ3v) is 6.47. The molecule has 92 valence electrons. The summed E-state index contributed by atoms with van der Waals surface area (Å²) >= 11 is 0. The topological polar surface area (TPSA) is 43.4 Å². The highest BCUT2D eigenvalue weighted by molar-refractivity contribution is 5.94. The van der Waals surface area contributed by atoms with Gasteiger partial charge in [-0.1, -0.05) is 6.42 Å². The highest BCUT2D eigenvalue weighted by Gasteiger charge is 2.90. The molecule has 0 heterocycles. The lowest BCUT2D eigenvalue weighted by molar-refractivity contribution is -0.153. The van der Waals surface area contributed by atoms with Gasteiger partial charge in [-0.25, -0.2) is 0 Å². The Bertz CT molecular complexity index is 452. The number of ether oxygens (including phenoxy) is 1. The fraction of sp³-hybridized carbons (Fsp3) is 0.857. The summed E-state index contributed by atoms with van der Waals surface area (Å²) in [4.78, 5) is 24.2. The molecule has 0 N–H and O–H groups in total. The van der Waals surface area contributed by atoms with E-state index >= 15 is 0 Å². The Morgan fingerprint density at radius 2 is 2.18 bits per heavy atom. The van der Waals surface area contributed by atoms with Crippen LogP contribution in [0.15, 0.2) is 0 Å². The molecule has 4 rings (SSSR count). The first-order valence-electron chi connectivity index (χ1n) is 6.63. The van der Waals surface area contributed by atoms with E-state index in [1.54, 1.807) is 0 Å². The van der Waals surface area contributed by atoms with E-state index < -0.39 is 0 Å². The number of carbonyl (C=O) groups excluding carboxylic acids is 2. The van der Waals surface area contributed by atoms with Crippen LogP contribution in [0.1, 0.15) is 39.0 Å². The van der Waals surface area contributed by atoms with Crippen molar-refractivity contribution >= 4 is 11.8 Å². The summed E-state index contributed by atoms with van der Waals surface area (Å²) in [6, 6.07) is 0. The number of hydrogen-bond donors (Lipinski definition) is 0. The van der Waals surface area contributed by atoms with Gasteiger partial charge in [-0.3, -0.25) is 9.59 Å². The summed E-state index contributed by atoms with van der Waals surface area (Å²) in [5, 5.41) is 0. The molecule has 3 heteroatoms. The maximum Gasteiger partial charge on any atom is 0.311 e. The van der Waals surface area contributed by atoms with Gasteiger partial charge in [0.2, 0.25) is 0 Å². The Morgan fingerprint density at radius 3 is 2.82 bits per heavy atom. The first-order valence-corrected chi connectivity index (χ1v) is 6.63. The number of hydrogen-bond acceptors (Lipinski definition) is 3. The van der Waals surface area contributed by atoms with Gasteiger partial charge in [-0.05, 0) is 42.9 Å². The Labute approximate surface area is 101 Å². The van der Waals surface area contributed by atoms with Crippen LogP contribution in [0.2, 0.25) is 0 Å². The number of esters is 1. The fourth-order valence-corrected chi connectivity index (χ4v) is 6.29. The molecule has 4 saturated carbocycles. The van der Waals surface area contributed by atoms with E-state index in [0.717, 1.165) is 19.3 Å². The second-order valence-corrected chi connectivity index (χ2v) is 6.86. The number of rotatable bonds is 1. The van der Waals surface area contributed by atoms with Gasteiger partial charge in [0.25, 0.3) is 0 Å². The molecule has 17 heavy (non-hydrogen) atoms. The van der Waals surface area contributed by atoms with Gasteiger partial charge < -0.3 is 4.74 Å². The van der Waals surface area contributed by atoms with Crippen LogP contribution < -0.4 is 0 Å². The third-order valence-electron chi connectivity index (χ3n) is 6.47. The van der Waals surface area contributed by atoms with Crippen molar-refractivity contribution in [1.29, 1.82) is 0 Å². The quantitative estimate of drug-likeness (QED) is 0.651. The van der Waals surface area contributed by atoms with Crippen molar-refractivity contribution in [1.82, 2.24) is 0 Å². The van der Waals surface area contributed by atoms with E-state index in [4.69, 9.17) is 4.74 Å². The lowest BCUT2D eigenvalue weighted by Gasteiger charge is -2.30. The Balaban J connectivity index is 1.85.